The normalized spacial score (nSPS) is 15.2. The number of primary amides is 1. The molecule has 4 amide bonds. The first kappa shape index (κ1) is 28.3. The second-order valence-corrected chi connectivity index (χ2v) is 8.86. The van der Waals surface area contributed by atoms with Crippen molar-refractivity contribution < 1.29 is 29.1 Å². The molecule has 196 valence electrons. The largest absolute Gasteiger partial charge is 0.480 e. The zero-order valence-electron chi connectivity index (χ0n) is 20.5. The van der Waals surface area contributed by atoms with Gasteiger partial charge in [-0.1, -0.05) is 38.5 Å². The summed E-state index contributed by atoms with van der Waals surface area (Å²) in [4.78, 5) is 64.7. The van der Waals surface area contributed by atoms with Crippen molar-refractivity contribution in [1.82, 2.24) is 20.9 Å². The highest BCUT2D eigenvalue weighted by atomic mass is 16.4. The molecule has 0 aliphatic heterocycles. The van der Waals surface area contributed by atoms with Gasteiger partial charge in [-0.2, -0.15) is 0 Å². The quantitative estimate of drug-likeness (QED) is 0.191. The molecule has 5 unspecified atom stereocenters. The molecule has 0 saturated heterocycles. The molecular formula is C24H34N6O6. The number of H-pyrrole nitrogens is 1. The molecule has 2 aromatic rings. The van der Waals surface area contributed by atoms with Crippen molar-refractivity contribution in [2.24, 2.45) is 17.4 Å². The van der Waals surface area contributed by atoms with Crippen LogP contribution in [0.2, 0.25) is 0 Å². The van der Waals surface area contributed by atoms with Gasteiger partial charge in [0.1, 0.15) is 18.1 Å². The van der Waals surface area contributed by atoms with E-state index in [4.69, 9.17) is 11.5 Å². The first-order chi connectivity index (χ1) is 16.9. The van der Waals surface area contributed by atoms with E-state index in [0.29, 0.717) is 12.0 Å². The van der Waals surface area contributed by atoms with E-state index in [0.717, 1.165) is 10.9 Å². The molecule has 0 aliphatic carbocycles. The average Bonchev–Trinajstić information content (AvgIpc) is 3.23. The molecule has 0 spiro atoms. The van der Waals surface area contributed by atoms with Crippen LogP contribution in [-0.2, 0) is 30.4 Å². The molecule has 12 heteroatoms. The lowest BCUT2D eigenvalue weighted by Crippen LogP contribution is -2.59. The van der Waals surface area contributed by atoms with E-state index in [9.17, 15) is 29.1 Å². The Morgan fingerprint density at radius 3 is 2.19 bits per heavy atom. The molecule has 0 bridgehead atoms. The Bertz CT molecular complexity index is 1110. The van der Waals surface area contributed by atoms with Crippen LogP contribution in [0.25, 0.3) is 10.9 Å². The van der Waals surface area contributed by atoms with Crippen LogP contribution in [0.1, 0.15) is 39.2 Å². The van der Waals surface area contributed by atoms with Crippen molar-refractivity contribution in [3.63, 3.8) is 0 Å². The van der Waals surface area contributed by atoms with Gasteiger partial charge in [0.15, 0.2) is 0 Å². The summed E-state index contributed by atoms with van der Waals surface area (Å²) in [6.45, 7) is 5.01. The minimum atomic E-state index is -1.45. The fraction of sp³-hybridized carbons (Fsp3) is 0.458. The van der Waals surface area contributed by atoms with E-state index >= 15 is 0 Å². The zero-order valence-corrected chi connectivity index (χ0v) is 20.5. The summed E-state index contributed by atoms with van der Waals surface area (Å²) >= 11 is 0. The number of aromatic nitrogens is 1. The fourth-order valence-corrected chi connectivity index (χ4v) is 3.65. The van der Waals surface area contributed by atoms with Crippen LogP contribution in [0, 0.1) is 5.92 Å². The summed E-state index contributed by atoms with van der Waals surface area (Å²) in [5.74, 6) is -4.66. The number of carboxylic acid groups (broad SMARTS) is 1. The van der Waals surface area contributed by atoms with Gasteiger partial charge >= 0.3 is 5.97 Å². The third-order valence-corrected chi connectivity index (χ3v) is 5.96. The molecule has 36 heavy (non-hydrogen) atoms. The number of hydrogen-bond acceptors (Lipinski definition) is 6. The van der Waals surface area contributed by atoms with Crippen molar-refractivity contribution in [3.8, 4) is 0 Å². The number of nitrogens with one attached hydrogen (secondary N) is 4. The maximum Gasteiger partial charge on any atom is 0.326 e. The SMILES string of the molecule is CCC(C)C(NC(=O)C(C)N)C(=O)NC(CC(N)=O)C(=O)NC(Cc1c[nH]c2ccccc12)C(=O)O. The number of hydrogen-bond donors (Lipinski definition) is 7. The van der Waals surface area contributed by atoms with Gasteiger partial charge in [0.2, 0.25) is 23.6 Å². The van der Waals surface area contributed by atoms with E-state index < -0.39 is 60.2 Å². The van der Waals surface area contributed by atoms with Crippen LogP contribution in [0.15, 0.2) is 30.5 Å². The van der Waals surface area contributed by atoms with Crippen molar-refractivity contribution in [1.29, 1.82) is 0 Å². The van der Waals surface area contributed by atoms with E-state index in [1.165, 1.54) is 6.92 Å². The molecule has 0 saturated carbocycles. The summed E-state index contributed by atoms with van der Waals surface area (Å²) < 4.78 is 0. The minimum absolute atomic E-state index is 0.0394. The van der Waals surface area contributed by atoms with Gasteiger partial charge in [0.25, 0.3) is 0 Å². The number of benzene rings is 1. The lowest BCUT2D eigenvalue weighted by molar-refractivity contribution is -0.142. The summed E-state index contributed by atoms with van der Waals surface area (Å²) in [5.41, 5.74) is 12.3. The molecule has 5 atom stereocenters. The fourth-order valence-electron chi connectivity index (χ4n) is 3.65. The van der Waals surface area contributed by atoms with Gasteiger partial charge in [0.05, 0.1) is 12.5 Å². The Hall–Kier alpha value is -3.93. The van der Waals surface area contributed by atoms with Gasteiger partial charge < -0.3 is 37.5 Å². The number of aromatic amines is 1. The third-order valence-electron chi connectivity index (χ3n) is 5.96. The van der Waals surface area contributed by atoms with Crippen LogP contribution in [-0.4, -0.2) is 63.9 Å². The molecule has 0 aliphatic rings. The number of aliphatic carboxylic acids is 1. The molecule has 12 nitrogen and oxygen atoms in total. The van der Waals surface area contributed by atoms with Gasteiger partial charge in [0, 0.05) is 23.5 Å². The molecule has 0 fully saturated rings. The third kappa shape index (κ3) is 7.54. The molecule has 1 heterocycles. The second-order valence-electron chi connectivity index (χ2n) is 8.86. The number of nitrogens with two attached hydrogens (primary N) is 2. The lowest BCUT2D eigenvalue weighted by Gasteiger charge is -2.27. The van der Waals surface area contributed by atoms with E-state index in [1.54, 1.807) is 13.1 Å². The van der Waals surface area contributed by atoms with Crippen molar-refractivity contribution >= 4 is 40.5 Å². The van der Waals surface area contributed by atoms with Crippen molar-refractivity contribution in [2.45, 2.75) is 64.2 Å². The molecule has 1 aromatic carbocycles. The van der Waals surface area contributed by atoms with Gasteiger partial charge in [-0.25, -0.2) is 4.79 Å². The second kappa shape index (κ2) is 12.7. The predicted octanol–water partition coefficient (Wildman–Crippen LogP) is -0.482. The zero-order chi connectivity index (χ0) is 27.0. The number of carboxylic acids is 1. The lowest BCUT2D eigenvalue weighted by atomic mass is 9.97. The van der Waals surface area contributed by atoms with Crippen LogP contribution in [0.3, 0.4) is 0 Å². The van der Waals surface area contributed by atoms with E-state index in [1.807, 2.05) is 31.2 Å². The van der Waals surface area contributed by atoms with Gasteiger partial charge in [-0.05, 0) is 24.5 Å². The topological polar surface area (TPSA) is 209 Å². The summed E-state index contributed by atoms with van der Waals surface area (Å²) in [5, 5.41) is 17.9. The highest BCUT2D eigenvalue weighted by molar-refractivity contribution is 5.96. The smallest absolute Gasteiger partial charge is 0.326 e. The number of fused-ring (bicyclic) bond motifs is 1. The number of para-hydroxylation sites is 1. The summed E-state index contributed by atoms with van der Waals surface area (Å²) in [6, 6.07) is 2.62. The van der Waals surface area contributed by atoms with E-state index in [-0.39, 0.29) is 12.3 Å². The van der Waals surface area contributed by atoms with E-state index in [2.05, 4.69) is 20.9 Å². The number of carbonyl (C=O) groups excluding carboxylic acids is 4. The number of rotatable bonds is 13. The molecule has 1 aromatic heterocycles. The maximum atomic E-state index is 13.0. The minimum Gasteiger partial charge on any atom is -0.480 e. The highest BCUT2D eigenvalue weighted by Gasteiger charge is 2.33. The Balaban J connectivity index is 2.20. The first-order valence-corrected chi connectivity index (χ1v) is 11.7. The van der Waals surface area contributed by atoms with Crippen LogP contribution < -0.4 is 27.4 Å². The van der Waals surface area contributed by atoms with Crippen LogP contribution in [0.5, 0.6) is 0 Å². The van der Waals surface area contributed by atoms with Crippen LogP contribution in [0.4, 0.5) is 0 Å². The number of carbonyl (C=O) groups is 5. The Morgan fingerprint density at radius 1 is 0.972 bits per heavy atom. The summed E-state index contributed by atoms with van der Waals surface area (Å²) in [6.07, 6.45) is 1.58. The van der Waals surface area contributed by atoms with Crippen molar-refractivity contribution in [2.75, 3.05) is 0 Å². The molecular weight excluding hydrogens is 468 g/mol. The Kier molecular flexibility index (Phi) is 9.97. The van der Waals surface area contributed by atoms with Gasteiger partial charge in [-0.15, -0.1) is 0 Å². The predicted molar refractivity (Wildman–Crippen MR) is 132 cm³/mol. The highest BCUT2D eigenvalue weighted by Crippen LogP contribution is 2.19. The standard InChI is InChI=1S/C24H34N6O6/c1-4-12(2)20(30-21(32)13(3)25)23(34)28-17(10-19(26)31)22(33)29-18(24(35)36)9-14-11-27-16-8-6-5-7-15(14)16/h5-8,11-13,17-18,20,27H,4,9-10,25H2,1-3H3,(H2,26,31)(H,28,34)(H,29,33)(H,30,32)(H,35,36). The first-order valence-electron chi connectivity index (χ1n) is 11.7. The van der Waals surface area contributed by atoms with Crippen LogP contribution >= 0.6 is 0 Å². The summed E-state index contributed by atoms with van der Waals surface area (Å²) in [7, 11) is 0. The Morgan fingerprint density at radius 2 is 1.61 bits per heavy atom. The van der Waals surface area contributed by atoms with Gasteiger partial charge in [-0.3, -0.25) is 19.2 Å². The molecule has 0 radical (unpaired) electrons. The number of amides is 4. The monoisotopic (exact) mass is 502 g/mol. The Labute approximate surface area is 208 Å². The molecule has 2 rings (SSSR count). The molecule has 9 N–H and O–H groups in total. The maximum absolute atomic E-state index is 13.0. The average molecular weight is 503 g/mol. The van der Waals surface area contributed by atoms with Crippen molar-refractivity contribution in [3.05, 3.63) is 36.0 Å².